The molecule has 32 heavy (non-hydrogen) atoms. The number of aryl methyl sites for hydroxylation is 1. The molecule has 11 heteroatoms. The molecular weight excluding hydrogens is 445 g/mol. The lowest BCUT2D eigenvalue weighted by Crippen LogP contribution is -2.13. The largest absolute Gasteiger partial charge is 0.485 e. The molecule has 1 amide bonds. The van der Waals surface area contributed by atoms with Crippen LogP contribution in [0.4, 0.5) is 18.3 Å². The predicted octanol–water partition coefficient (Wildman–Crippen LogP) is 5.35. The van der Waals surface area contributed by atoms with Crippen LogP contribution in [0.5, 0.6) is 5.75 Å². The maximum atomic E-state index is 13.0. The monoisotopic (exact) mass is 460 g/mol. The minimum absolute atomic E-state index is 0.0125. The van der Waals surface area contributed by atoms with Crippen LogP contribution in [0.15, 0.2) is 58.4 Å². The first kappa shape index (κ1) is 21.5. The molecule has 1 N–H and O–H groups in total. The Bertz CT molecular complexity index is 1250. The number of aromatic nitrogens is 3. The number of ether oxygens (including phenoxy) is 1. The maximum absolute atomic E-state index is 13.0. The highest BCUT2D eigenvalue weighted by atomic mass is 32.1. The lowest BCUT2D eigenvalue weighted by atomic mass is 10.1. The molecule has 4 aromatic rings. The molecular formula is C21H15F3N4O3S. The summed E-state index contributed by atoms with van der Waals surface area (Å²) in [6.07, 6.45) is -4.45. The number of anilines is 1. The van der Waals surface area contributed by atoms with E-state index in [1.165, 1.54) is 12.1 Å². The zero-order valence-electron chi connectivity index (χ0n) is 16.5. The minimum Gasteiger partial charge on any atom is -0.485 e. The van der Waals surface area contributed by atoms with Gasteiger partial charge >= 0.3 is 6.18 Å². The SMILES string of the molecule is Cc1nc(COc2ccccc2C(=O)Nc2nc(-c3cccc(C(F)(F)F)c3)cs2)no1. The maximum Gasteiger partial charge on any atom is 0.416 e. The van der Waals surface area contributed by atoms with Crippen molar-refractivity contribution in [1.29, 1.82) is 0 Å². The molecule has 0 unspecified atom stereocenters. The van der Waals surface area contributed by atoms with Crippen LogP contribution in [0.25, 0.3) is 11.3 Å². The van der Waals surface area contributed by atoms with Crippen LogP contribution in [0.1, 0.15) is 27.6 Å². The topological polar surface area (TPSA) is 90.1 Å². The van der Waals surface area contributed by atoms with Gasteiger partial charge in [-0.15, -0.1) is 11.3 Å². The standard InChI is InChI=1S/C21H15F3N4O3S/c1-12-25-18(28-31-12)10-30-17-8-3-2-7-15(17)19(29)27-20-26-16(11-32-20)13-5-4-6-14(9-13)21(22,23)24/h2-9,11H,10H2,1H3,(H,26,27,29). The number of rotatable bonds is 6. The molecule has 2 heterocycles. The highest BCUT2D eigenvalue weighted by Gasteiger charge is 2.30. The Hall–Kier alpha value is -3.73. The van der Waals surface area contributed by atoms with Crippen molar-refractivity contribution < 1.29 is 27.2 Å². The molecule has 0 bridgehead atoms. The summed E-state index contributed by atoms with van der Waals surface area (Å²) in [5, 5.41) is 8.21. The highest BCUT2D eigenvalue weighted by Crippen LogP contribution is 2.33. The number of alkyl halides is 3. The molecule has 0 saturated carbocycles. The van der Waals surface area contributed by atoms with Gasteiger partial charge in [0.1, 0.15) is 5.75 Å². The Morgan fingerprint density at radius 1 is 1.16 bits per heavy atom. The summed E-state index contributed by atoms with van der Waals surface area (Å²) in [6.45, 7) is 1.66. The first-order valence-corrected chi connectivity index (χ1v) is 10.1. The van der Waals surface area contributed by atoms with E-state index in [1.807, 2.05) is 0 Å². The van der Waals surface area contributed by atoms with Crippen molar-refractivity contribution in [2.24, 2.45) is 0 Å². The van der Waals surface area contributed by atoms with Gasteiger partial charge in [0.15, 0.2) is 11.7 Å². The third-order valence-electron chi connectivity index (χ3n) is 4.27. The van der Waals surface area contributed by atoms with Crippen molar-refractivity contribution in [3.8, 4) is 17.0 Å². The quantitative estimate of drug-likeness (QED) is 0.417. The Morgan fingerprint density at radius 2 is 1.97 bits per heavy atom. The highest BCUT2D eigenvalue weighted by molar-refractivity contribution is 7.14. The van der Waals surface area contributed by atoms with Crippen molar-refractivity contribution in [1.82, 2.24) is 15.1 Å². The Labute approximate surface area is 183 Å². The van der Waals surface area contributed by atoms with Crippen molar-refractivity contribution in [3.05, 3.63) is 76.8 Å². The van der Waals surface area contributed by atoms with Crippen LogP contribution in [0, 0.1) is 6.92 Å². The van der Waals surface area contributed by atoms with Crippen molar-refractivity contribution in [2.45, 2.75) is 19.7 Å². The third-order valence-corrected chi connectivity index (χ3v) is 5.03. The van der Waals surface area contributed by atoms with Gasteiger partial charge in [0.25, 0.3) is 5.91 Å². The van der Waals surface area contributed by atoms with Gasteiger partial charge in [-0.25, -0.2) is 4.98 Å². The number of carbonyl (C=O) groups is 1. The number of nitrogens with one attached hydrogen (secondary N) is 1. The fourth-order valence-electron chi connectivity index (χ4n) is 2.81. The molecule has 2 aromatic heterocycles. The summed E-state index contributed by atoms with van der Waals surface area (Å²) < 4.78 is 49.4. The minimum atomic E-state index is -4.45. The molecule has 7 nitrogen and oxygen atoms in total. The molecule has 0 aliphatic heterocycles. The summed E-state index contributed by atoms with van der Waals surface area (Å²) in [4.78, 5) is 21.0. The molecule has 0 fully saturated rings. The number of hydrogen-bond donors (Lipinski definition) is 1. The number of benzene rings is 2. The van der Waals surface area contributed by atoms with Crippen LogP contribution in [-0.2, 0) is 12.8 Å². The molecule has 0 aliphatic rings. The first-order valence-electron chi connectivity index (χ1n) is 9.25. The van der Waals surface area contributed by atoms with Gasteiger partial charge in [-0.3, -0.25) is 10.1 Å². The average molecular weight is 460 g/mol. The van der Waals surface area contributed by atoms with E-state index in [2.05, 4.69) is 20.4 Å². The second-order valence-electron chi connectivity index (χ2n) is 6.59. The fraction of sp³-hybridized carbons (Fsp3) is 0.143. The van der Waals surface area contributed by atoms with Gasteiger partial charge in [0.2, 0.25) is 11.7 Å². The Balaban J connectivity index is 1.48. The molecule has 164 valence electrons. The zero-order valence-corrected chi connectivity index (χ0v) is 17.3. The van der Waals surface area contributed by atoms with Crippen molar-refractivity contribution >= 4 is 22.4 Å². The van der Waals surface area contributed by atoms with E-state index in [0.29, 0.717) is 28.7 Å². The molecule has 0 saturated heterocycles. The Morgan fingerprint density at radius 3 is 2.72 bits per heavy atom. The number of amides is 1. The van der Waals surface area contributed by atoms with Crippen LogP contribution < -0.4 is 10.1 Å². The molecule has 4 rings (SSSR count). The second kappa shape index (κ2) is 8.79. The fourth-order valence-corrected chi connectivity index (χ4v) is 3.52. The van der Waals surface area contributed by atoms with E-state index in [-0.39, 0.29) is 17.3 Å². The van der Waals surface area contributed by atoms with E-state index in [9.17, 15) is 18.0 Å². The smallest absolute Gasteiger partial charge is 0.416 e. The lowest BCUT2D eigenvalue weighted by Gasteiger charge is -2.09. The summed E-state index contributed by atoms with van der Waals surface area (Å²) in [5.41, 5.74) is 0.115. The summed E-state index contributed by atoms with van der Waals surface area (Å²) >= 11 is 1.10. The van der Waals surface area contributed by atoms with Gasteiger partial charge in [0.05, 0.1) is 16.8 Å². The molecule has 0 radical (unpaired) electrons. The number of thiazole rings is 1. The summed E-state index contributed by atoms with van der Waals surface area (Å²) in [5.74, 6) is 0.565. The molecule has 0 atom stereocenters. The van der Waals surface area contributed by atoms with E-state index in [4.69, 9.17) is 9.26 Å². The summed E-state index contributed by atoms with van der Waals surface area (Å²) in [7, 11) is 0. The second-order valence-corrected chi connectivity index (χ2v) is 7.44. The van der Waals surface area contributed by atoms with Crippen LogP contribution in [-0.4, -0.2) is 21.0 Å². The molecule has 0 aliphatic carbocycles. The van der Waals surface area contributed by atoms with Gasteiger partial charge in [-0.1, -0.05) is 29.4 Å². The van der Waals surface area contributed by atoms with Gasteiger partial charge < -0.3 is 9.26 Å². The normalized spacial score (nSPS) is 11.4. The van der Waals surface area contributed by atoms with E-state index >= 15 is 0 Å². The van der Waals surface area contributed by atoms with Gasteiger partial charge in [0, 0.05) is 17.9 Å². The predicted molar refractivity (Wildman–Crippen MR) is 110 cm³/mol. The van der Waals surface area contributed by atoms with Crippen LogP contribution in [0.2, 0.25) is 0 Å². The number of nitrogens with zero attached hydrogens (tertiary/aromatic N) is 3. The first-order chi connectivity index (χ1) is 15.3. The van der Waals surface area contributed by atoms with Crippen LogP contribution in [0.3, 0.4) is 0 Å². The number of carbonyl (C=O) groups excluding carboxylic acids is 1. The zero-order chi connectivity index (χ0) is 22.7. The van der Waals surface area contributed by atoms with E-state index < -0.39 is 17.6 Å². The molecule has 0 spiro atoms. The Kier molecular flexibility index (Phi) is 5.91. The summed E-state index contributed by atoms with van der Waals surface area (Å²) in [6, 6.07) is 11.4. The third kappa shape index (κ3) is 4.94. The molecule has 2 aromatic carbocycles. The van der Waals surface area contributed by atoms with Crippen molar-refractivity contribution in [2.75, 3.05) is 5.32 Å². The number of hydrogen-bond acceptors (Lipinski definition) is 7. The van der Waals surface area contributed by atoms with E-state index in [0.717, 1.165) is 23.5 Å². The van der Waals surface area contributed by atoms with Gasteiger partial charge in [-0.2, -0.15) is 18.2 Å². The van der Waals surface area contributed by atoms with E-state index in [1.54, 1.807) is 36.6 Å². The lowest BCUT2D eigenvalue weighted by molar-refractivity contribution is -0.137. The van der Waals surface area contributed by atoms with Gasteiger partial charge in [-0.05, 0) is 24.3 Å². The number of halogens is 3. The van der Waals surface area contributed by atoms with Crippen LogP contribution >= 0.6 is 11.3 Å². The average Bonchev–Trinajstić information content (AvgIpc) is 3.41. The van der Waals surface area contributed by atoms with Crippen molar-refractivity contribution in [3.63, 3.8) is 0 Å². The number of para-hydroxylation sites is 1.